The van der Waals surface area contributed by atoms with Crippen molar-refractivity contribution in [2.45, 2.75) is 26.2 Å². The number of rotatable bonds is 4. The quantitative estimate of drug-likeness (QED) is 0.363. The Morgan fingerprint density at radius 1 is 0.700 bits per heavy atom. The summed E-state index contributed by atoms with van der Waals surface area (Å²) in [6.45, 7) is 4.36. The molecule has 1 aliphatic rings. The van der Waals surface area contributed by atoms with Crippen molar-refractivity contribution in [3.63, 3.8) is 0 Å². The van der Waals surface area contributed by atoms with Gasteiger partial charge >= 0.3 is 174 Å². The van der Waals surface area contributed by atoms with Crippen LogP contribution in [0.3, 0.4) is 0 Å². The summed E-state index contributed by atoms with van der Waals surface area (Å²) in [5, 5.41) is 0. The van der Waals surface area contributed by atoms with Crippen molar-refractivity contribution in [2.24, 2.45) is 0 Å². The van der Waals surface area contributed by atoms with E-state index in [1.54, 1.807) is 0 Å². The van der Waals surface area contributed by atoms with Crippen LogP contribution in [0.4, 0.5) is 0 Å². The molecule has 0 spiro atoms. The number of benzene rings is 3. The van der Waals surface area contributed by atoms with Crippen molar-refractivity contribution in [2.75, 3.05) is 0 Å². The van der Waals surface area contributed by atoms with E-state index < -0.39 is 0 Å². The summed E-state index contributed by atoms with van der Waals surface area (Å²) in [6.07, 6.45) is 3.40. The fourth-order valence-corrected chi connectivity index (χ4v) is 4.73. The number of allylic oxidation sites excluding steroid dienone is 4. The van der Waals surface area contributed by atoms with E-state index in [0.717, 1.165) is 6.42 Å². The van der Waals surface area contributed by atoms with Gasteiger partial charge in [-0.15, -0.1) is 0 Å². The van der Waals surface area contributed by atoms with Crippen LogP contribution in [0.1, 0.15) is 40.2 Å². The molecule has 30 heavy (non-hydrogen) atoms. The van der Waals surface area contributed by atoms with Crippen LogP contribution in [-0.2, 0) is 20.4 Å². The maximum Gasteiger partial charge on any atom is -1.00 e. The van der Waals surface area contributed by atoms with E-state index >= 15 is 0 Å². The molecule has 0 unspecified atom stereocenters. The van der Waals surface area contributed by atoms with E-state index in [0.29, 0.717) is 0 Å². The molecule has 0 saturated heterocycles. The fraction of sp³-hybridized carbons (Fsp3) is 0.154. The van der Waals surface area contributed by atoms with Crippen molar-refractivity contribution in [3.05, 3.63) is 122 Å². The summed E-state index contributed by atoms with van der Waals surface area (Å²) in [5.41, 5.74) is 9.64. The second kappa shape index (κ2) is 11.9. The molecule has 152 valence electrons. The average molecular weight is 490 g/mol. The molecule has 3 aromatic rings. The van der Waals surface area contributed by atoms with Crippen molar-refractivity contribution in [1.29, 1.82) is 0 Å². The molecule has 0 aromatic heterocycles. The molecule has 0 N–H and O–H groups in total. The summed E-state index contributed by atoms with van der Waals surface area (Å²) in [4.78, 5) is 0. The average Bonchev–Trinajstić information content (AvgIpc) is 3.04. The molecule has 0 heterocycles. The molecule has 4 heteroatoms. The fourth-order valence-electron chi connectivity index (χ4n) is 4.09. The van der Waals surface area contributed by atoms with Crippen LogP contribution in [0.5, 0.6) is 0 Å². The van der Waals surface area contributed by atoms with E-state index in [2.05, 4.69) is 119 Å². The Kier molecular flexibility index (Phi) is 10.6. The van der Waals surface area contributed by atoms with Gasteiger partial charge in [-0.3, -0.25) is 0 Å². The van der Waals surface area contributed by atoms with Crippen molar-refractivity contribution in [1.82, 2.24) is 0 Å². The van der Waals surface area contributed by atoms with E-state index in [9.17, 15) is 0 Å². The number of aryl methyl sites for hydroxylation is 2. The topological polar surface area (TPSA) is 0 Å². The van der Waals surface area contributed by atoms with Crippen LogP contribution < -0.4 is 37.2 Å². The molecule has 3 aromatic carbocycles. The Hall–Kier alpha value is -1.28. The Balaban J connectivity index is 0.00000150. The predicted octanol–water partition coefficient (Wildman–Crippen LogP) is -2.26. The summed E-state index contributed by atoms with van der Waals surface area (Å²) in [5.74, 6) is 0.286. The first-order valence-electron chi connectivity index (χ1n) is 9.47. The van der Waals surface area contributed by atoms with Crippen molar-refractivity contribution >= 4 is 5.57 Å². The van der Waals surface area contributed by atoms with Gasteiger partial charge in [-0.1, -0.05) is 0 Å². The van der Waals surface area contributed by atoms with Gasteiger partial charge in [0.2, 0.25) is 0 Å². The van der Waals surface area contributed by atoms with E-state index in [4.69, 9.17) is 0 Å². The molecule has 0 radical (unpaired) electrons. The van der Waals surface area contributed by atoms with Crippen LogP contribution in [0, 0.1) is 13.8 Å². The SMILES string of the molecule is Cc1cccc(C(C2=C(c3ccccc3)[C]([Ti+3])=CC2)c2cccc(C)c2)c1.[Cl-].[Cl-].[Cl-]. The first-order valence-corrected chi connectivity index (χ1v) is 10.3. The molecular formula is C26H23Cl3Ti. The molecule has 0 aliphatic heterocycles. The molecule has 1 aliphatic carbocycles. The van der Waals surface area contributed by atoms with Gasteiger partial charge in [-0.2, -0.15) is 0 Å². The predicted molar refractivity (Wildman–Crippen MR) is 110 cm³/mol. The third-order valence-corrected chi connectivity index (χ3v) is 5.99. The van der Waals surface area contributed by atoms with Gasteiger partial charge < -0.3 is 37.2 Å². The molecule has 0 atom stereocenters. The molecular weight excluding hydrogens is 467 g/mol. The zero-order valence-corrected chi connectivity index (χ0v) is 20.8. The minimum absolute atomic E-state index is 0. The van der Waals surface area contributed by atoms with Crippen molar-refractivity contribution < 1.29 is 57.7 Å². The first kappa shape index (κ1) is 26.8. The first-order chi connectivity index (χ1) is 13.1. The standard InChI is InChI=1S/C26H23.3ClH.Ti/c1-19-9-6-13-22(17-19)26(23-14-7-10-20(2)18-23)25-16-8-15-24(25)21-11-4-3-5-12-21;;;;/h3-14,17-18,26H,16H2,1-2H3;3*1H;/q;;;;+3/p-3. The summed E-state index contributed by atoms with van der Waals surface area (Å²) < 4.78 is 1.39. The molecule has 0 amide bonds. The van der Waals surface area contributed by atoms with E-state index in [-0.39, 0.29) is 43.1 Å². The van der Waals surface area contributed by atoms with Gasteiger partial charge in [-0.05, 0) is 0 Å². The largest absolute Gasteiger partial charge is 1.00 e. The Labute approximate surface area is 210 Å². The number of hydrogen-bond acceptors (Lipinski definition) is 0. The molecule has 0 bridgehead atoms. The smallest absolute Gasteiger partial charge is 1.00 e. The van der Waals surface area contributed by atoms with Crippen LogP contribution >= 0.6 is 0 Å². The normalized spacial score (nSPS) is 12.6. The molecule has 0 saturated carbocycles. The monoisotopic (exact) mass is 488 g/mol. The van der Waals surface area contributed by atoms with Crippen molar-refractivity contribution in [3.8, 4) is 0 Å². The van der Waals surface area contributed by atoms with Crippen LogP contribution in [0.15, 0.2) is 94.4 Å². The van der Waals surface area contributed by atoms with Gasteiger partial charge in [0.25, 0.3) is 0 Å². The maximum absolute atomic E-state index is 2.39. The second-order valence-electron chi connectivity index (χ2n) is 7.35. The summed E-state index contributed by atoms with van der Waals surface area (Å²) in [6, 6.07) is 28.8. The third kappa shape index (κ3) is 5.70. The number of halogens is 3. The van der Waals surface area contributed by atoms with E-state index in [1.165, 1.54) is 42.8 Å². The minimum atomic E-state index is 0. The van der Waals surface area contributed by atoms with Gasteiger partial charge in [0.05, 0.1) is 0 Å². The molecule has 4 rings (SSSR count). The Morgan fingerprint density at radius 2 is 1.23 bits per heavy atom. The minimum Gasteiger partial charge on any atom is -1.00 e. The van der Waals surface area contributed by atoms with E-state index in [1.807, 2.05) is 0 Å². The van der Waals surface area contributed by atoms with Crippen LogP contribution in [0.25, 0.3) is 5.57 Å². The second-order valence-corrected chi connectivity index (χ2v) is 8.19. The van der Waals surface area contributed by atoms with Gasteiger partial charge in [0.1, 0.15) is 0 Å². The molecule has 0 nitrogen and oxygen atoms in total. The van der Waals surface area contributed by atoms with Gasteiger partial charge in [0.15, 0.2) is 0 Å². The van der Waals surface area contributed by atoms with Crippen LogP contribution in [-0.4, -0.2) is 0 Å². The van der Waals surface area contributed by atoms with Gasteiger partial charge in [-0.25, -0.2) is 0 Å². The third-order valence-electron chi connectivity index (χ3n) is 5.28. The number of hydrogen-bond donors (Lipinski definition) is 0. The van der Waals surface area contributed by atoms with Crippen LogP contribution in [0.2, 0.25) is 0 Å². The van der Waals surface area contributed by atoms with Gasteiger partial charge in [0, 0.05) is 0 Å². The Bertz CT molecular complexity index is 993. The Morgan fingerprint density at radius 3 is 1.73 bits per heavy atom. The zero-order valence-electron chi connectivity index (χ0n) is 17.0. The summed E-state index contributed by atoms with van der Waals surface area (Å²) in [7, 11) is 0. The molecule has 0 fully saturated rings. The summed E-state index contributed by atoms with van der Waals surface area (Å²) >= 11 is 2.25. The maximum atomic E-state index is 2.39. The zero-order chi connectivity index (χ0) is 18.8.